The molecule has 0 unspecified atom stereocenters. The lowest BCUT2D eigenvalue weighted by atomic mass is 10.2. The summed E-state index contributed by atoms with van der Waals surface area (Å²) in [4.78, 5) is 19.2. The van der Waals surface area contributed by atoms with Gasteiger partial charge in [-0.1, -0.05) is 19.9 Å². The molecule has 0 radical (unpaired) electrons. The van der Waals surface area contributed by atoms with Crippen LogP contribution < -0.4 is 0 Å². The first-order valence-electron chi connectivity index (χ1n) is 4.42. The summed E-state index contributed by atoms with van der Waals surface area (Å²) in [6.07, 6.45) is 0. The van der Waals surface area contributed by atoms with Gasteiger partial charge in [-0.05, 0) is 12.5 Å². The van der Waals surface area contributed by atoms with E-state index in [1.165, 1.54) is 12.1 Å². The van der Waals surface area contributed by atoms with E-state index in [-0.39, 0.29) is 0 Å². The minimum Gasteiger partial charge on any atom is -0.258 e. The largest absolute Gasteiger partial charge is 0.346 e. The summed E-state index contributed by atoms with van der Waals surface area (Å²) >= 11 is 0. The van der Waals surface area contributed by atoms with Gasteiger partial charge in [-0.2, -0.15) is 0 Å². The van der Waals surface area contributed by atoms with Gasteiger partial charge in [0, 0.05) is 12.1 Å². The van der Waals surface area contributed by atoms with E-state index in [9.17, 15) is 20.2 Å². The Morgan fingerprint density at radius 3 is 1.87 bits per heavy atom. The number of nitro benzene ring substituents is 2. The zero-order valence-corrected chi connectivity index (χ0v) is 8.76. The summed E-state index contributed by atoms with van der Waals surface area (Å²) in [5.41, 5.74) is -0.321. The maximum Gasteiger partial charge on any atom is 0.346 e. The molecular weight excluding hydrogens is 200 g/mol. The molecule has 1 aromatic rings. The highest BCUT2D eigenvalue weighted by Crippen LogP contribution is 2.26. The van der Waals surface area contributed by atoms with Gasteiger partial charge in [0.05, 0.1) is 9.85 Å². The number of nitrogens with zero attached hydrogens (tertiary/aromatic N) is 2. The van der Waals surface area contributed by atoms with E-state index in [4.69, 9.17) is 0 Å². The minimum atomic E-state index is -0.766. The number of rotatable bonds is 2. The van der Waals surface area contributed by atoms with Crippen molar-refractivity contribution in [3.8, 4) is 0 Å². The van der Waals surface area contributed by atoms with Crippen LogP contribution in [0.4, 0.5) is 11.4 Å². The van der Waals surface area contributed by atoms with Gasteiger partial charge in [0.2, 0.25) is 0 Å². The molecule has 0 heterocycles. The van der Waals surface area contributed by atoms with Gasteiger partial charge in [0.25, 0.3) is 0 Å². The quantitative estimate of drug-likeness (QED) is 0.557. The topological polar surface area (TPSA) is 86.3 Å². The van der Waals surface area contributed by atoms with Crippen molar-refractivity contribution in [3.05, 3.63) is 44.0 Å². The van der Waals surface area contributed by atoms with Gasteiger partial charge in [-0.3, -0.25) is 20.2 Å². The first kappa shape index (κ1) is 13.0. The lowest BCUT2D eigenvalue weighted by molar-refractivity contribution is -0.422. The zero-order valence-electron chi connectivity index (χ0n) is 8.76. The van der Waals surface area contributed by atoms with Gasteiger partial charge >= 0.3 is 11.4 Å². The Kier molecular flexibility index (Phi) is 4.94. The summed E-state index contributed by atoms with van der Waals surface area (Å²) in [6, 6.07) is 3.77. The smallest absolute Gasteiger partial charge is 0.258 e. The Balaban J connectivity index is 0.000000921. The van der Waals surface area contributed by atoms with E-state index in [0.29, 0.717) is 5.56 Å². The van der Waals surface area contributed by atoms with Crippen molar-refractivity contribution in [3.63, 3.8) is 0 Å². The van der Waals surface area contributed by atoms with Crippen molar-refractivity contribution in [1.82, 2.24) is 0 Å². The molecule has 1 aromatic carbocycles. The van der Waals surface area contributed by atoms with Gasteiger partial charge in [0.15, 0.2) is 0 Å². The van der Waals surface area contributed by atoms with Crippen molar-refractivity contribution >= 4 is 11.4 Å². The molecule has 0 saturated heterocycles. The maximum atomic E-state index is 10.4. The third-order valence-corrected chi connectivity index (χ3v) is 1.52. The Labute approximate surface area is 86.8 Å². The maximum absolute atomic E-state index is 10.4. The fraction of sp³-hybridized carbons (Fsp3) is 0.333. The molecule has 0 aliphatic carbocycles. The third-order valence-electron chi connectivity index (χ3n) is 1.52. The average molecular weight is 212 g/mol. The van der Waals surface area contributed by atoms with E-state index >= 15 is 0 Å². The first-order chi connectivity index (χ1) is 7.02. The molecule has 0 amide bonds. The molecule has 0 fully saturated rings. The van der Waals surface area contributed by atoms with Crippen molar-refractivity contribution in [2.24, 2.45) is 0 Å². The van der Waals surface area contributed by atoms with Crippen LogP contribution in [-0.4, -0.2) is 9.85 Å². The van der Waals surface area contributed by atoms with E-state index < -0.39 is 21.2 Å². The van der Waals surface area contributed by atoms with Crippen molar-refractivity contribution in [1.29, 1.82) is 0 Å². The van der Waals surface area contributed by atoms with Gasteiger partial charge in [-0.25, -0.2) is 0 Å². The van der Waals surface area contributed by atoms with Crippen LogP contribution in [-0.2, 0) is 0 Å². The summed E-state index contributed by atoms with van der Waals surface area (Å²) < 4.78 is 0. The molecule has 15 heavy (non-hydrogen) atoms. The summed E-state index contributed by atoms with van der Waals surface area (Å²) in [7, 11) is 0. The number of aryl methyl sites for hydroxylation is 1. The van der Waals surface area contributed by atoms with Crippen molar-refractivity contribution in [2.75, 3.05) is 0 Å². The first-order valence-corrected chi connectivity index (χ1v) is 4.42. The van der Waals surface area contributed by atoms with E-state index in [1.54, 1.807) is 6.92 Å². The zero-order chi connectivity index (χ0) is 12.0. The molecule has 6 heteroatoms. The Bertz CT molecular complexity index is 376. The van der Waals surface area contributed by atoms with Crippen LogP contribution in [0.3, 0.4) is 0 Å². The monoisotopic (exact) mass is 212 g/mol. The molecule has 0 saturated carbocycles. The van der Waals surface area contributed by atoms with E-state index in [2.05, 4.69) is 0 Å². The lowest BCUT2D eigenvalue weighted by Crippen LogP contribution is -1.96. The minimum absolute atomic E-state index is 0.468. The molecule has 6 nitrogen and oxygen atoms in total. The van der Waals surface area contributed by atoms with Crippen molar-refractivity contribution < 1.29 is 9.85 Å². The molecule has 0 atom stereocenters. The molecule has 0 aromatic heterocycles. The van der Waals surface area contributed by atoms with Crippen LogP contribution in [0.25, 0.3) is 0 Å². The van der Waals surface area contributed by atoms with Crippen molar-refractivity contribution in [2.45, 2.75) is 20.8 Å². The highest BCUT2D eigenvalue weighted by molar-refractivity contribution is 5.53. The number of hydrogen-bond acceptors (Lipinski definition) is 4. The standard InChI is InChI=1S/C7H6N2O4.C2H6/c1-5-2-3-6(8(10)11)7(4-5)9(12)13;1-2/h2-4H,1H3;1-2H3. The second kappa shape index (κ2) is 5.69. The van der Waals surface area contributed by atoms with Crippen LogP contribution in [0.1, 0.15) is 19.4 Å². The van der Waals surface area contributed by atoms with E-state index in [1.807, 2.05) is 13.8 Å². The second-order valence-electron chi connectivity index (χ2n) is 2.51. The van der Waals surface area contributed by atoms with Crippen LogP contribution in [0, 0.1) is 27.2 Å². The highest BCUT2D eigenvalue weighted by Gasteiger charge is 2.22. The molecule has 0 spiro atoms. The Hall–Kier alpha value is -1.98. The fourth-order valence-corrected chi connectivity index (χ4v) is 0.934. The fourth-order valence-electron chi connectivity index (χ4n) is 0.934. The molecule has 0 bridgehead atoms. The number of hydrogen-bond donors (Lipinski definition) is 0. The average Bonchev–Trinajstić information content (AvgIpc) is 2.20. The highest BCUT2D eigenvalue weighted by atomic mass is 16.6. The van der Waals surface area contributed by atoms with Gasteiger partial charge in [0.1, 0.15) is 0 Å². The molecule has 0 N–H and O–H groups in total. The Morgan fingerprint density at radius 1 is 1.00 bits per heavy atom. The molecule has 82 valence electrons. The predicted molar refractivity (Wildman–Crippen MR) is 55.8 cm³/mol. The van der Waals surface area contributed by atoms with Crippen LogP contribution in [0.2, 0.25) is 0 Å². The summed E-state index contributed by atoms with van der Waals surface area (Å²) in [5, 5.41) is 20.7. The number of nitro groups is 2. The third kappa shape index (κ3) is 3.34. The second-order valence-corrected chi connectivity index (χ2v) is 2.51. The summed E-state index contributed by atoms with van der Waals surface area (Å²) in [6.45, 7) is 5.64. The summed E-state index contributed by atoms with van der Waals surface area (Å²) in [5.74, 6) is 0. The normalized spacial score (nSPS) is 8.73. The van der Waals surface area contributed by atoms with E-state index in [0.717, 1.165) is 6.07 Å². The van der Waals surface area contributed by atoms with Gasteiger partial charge < -0.3 is 0 Å². The molecule has 1 rings (SSSR count). The Morgan fingerprint density at radius 2 is 1.47 bits per heavy atom. The lowest BCUT2D eigenvalue weighted by Gasteiger charge is -1.95. The van der Waals surface area contributed by atoms with Crippen LogP contribution in [0.5, 0.6) is 0 Å². The molecular formula is C9H12N2O4. The predicted octanol–water partition coefficient (Wildman–Crippen LogP) is 2.84. The molecule has 0 aliphatic heterocycles. The number of benzene rings is 1. The van der Waals surface area contributed by atoms with Crippen LogP contribution >= 0.6 is 0 Å². The SMILES string of the molecule is CC.Cc1ccc([N+](=O)[O-])c([N+](=O)[O-])c1. The molecule has 0 aliphatic rings. The van der Waals surface area contributed by atoms with Crippen LogP contribution in [0.15, 0.2) is 18.2 Å². The van der Waals surface area contributed by atoms with Gasteiger partial charge in [-0.15, -0.1) is 0 Å².